The van der Waals surface area contributed by atoms with E-state index < -0.39 is 35.7 Å². The number of ether oxygens (including phenoxy) is 1. The second-order valence-electron chi connectivity index (χ2n) is 10.1. The van der Waals surface area contributed by atoms with Crippen LogP contribution in [0.3, 0.4) is 0 Å². The van der Waals surface area contributed by atoms with Crippen molar-refractivity contribution in [3.05, 3.63) is 89.5 Å². The normalized spacial score (nSPS) is 17.2. The Hall–Kier alpha value is -4.01. The van der Waals surface area contributed by atoms with E-state index >= 15 is 0 Å². The van der Waals surface area contributed by atoms with Crippen molar-refractivity contribution in [2.24, 2.45) is 5.92 Å². The number of fused-ring (bicyclic) bond motifs is 1. The van der Waals surface area contributed by atoms with Crippen molar-refractivity contribution in [3.8, 4) is 5.75 Å². The molecule has 1 N–H and O–H groups in total. The van der Waals surface area contributed by atoms with Crippen molar-refractivity contribution in [2.45, 2.75) is 52.6 Å². The van der Waals surface area contributed by atoms with Gasteiger partial charge in [0.2, 0.25) is 0 Å². The quantitative estimate of drug-likeness (QED) is 0.338. The predicted molar refractivity (Wildman–Crippen MR) is 149 cm³/mol. The summed E-state index contributed by atoms with van der Waals surface area (Å²) in [4.78, 5) is 31.4. The van der Waals surface area contributed by atoms with E-state index in [0.29, 0.717) is 17.0 Å². The molecule has 40 heavy (non-hydrogen) atoms. The van der Waals surface area contributed by atoms with Gasteiger partial charge in [-0.05, 0) is 55.7 Å². The van der Waals surface area contributed by atoms with Crippen LogP contribution < -0.4 is 15.0 Å². The minimum Gasteiger partial charge on any atom is -0.480 e. The van der Waals surface area contributed by atoms with E-state index in [9.17, 15) is 22.8 Å². The summed E-state index contributed by atoms with van der Waals surface area (Å²) < 4.78 is 46.8. The lowest BCUT2D eigenvalue weighted by atomic mass is 10.00. The Bertz CT molecular complexity index is 1340. The van der Waals surface area contributed by atoms with Gasteiger partial charge in [0, 0.05) is 42.6 Å². The first-order chi connectivity index (χ1) is 19.0. The number of hydrogen-bond acceptors (Lipinski definition) is 4. The number of hydrogen-bond donors (Lipinski definition) is 1. The fourth-order valence-electron chi connectivity index (χ4n) is 4.93. The second kappa shape index (κ2) is 12.0. The summed E-state index contributed by atoms with van der Waals surface area (Å²) in [5, 5.41) is 2.88. The highest BCUT2D eigenvalue weighted by Gasteiger charge is 2.42. The molecule has 6 nitrogen and oxygen atoms in total. The monoisotopic (exact) mass is 553 g/mol. The molecular formula is C31H34F3N3O3. The van der Waals surface area contributed by atoms with Gasteiger partial charge in [-0.2, -0.15) is 13.2 Å². The highest BCUT2D eigenvalue weighted by atomic mass is 19.4. The molecule has 0 bridgehead atoms. The average Bonchev–Trinajstić information content (AvgIpc) is 3.04. The Morgan fingerprint density at radius 3 is 2.33 bits per heavy atom. The SMILES string of the molecule is CCN(CC)c1ccc2c(c1)OC(C(C)C)C(=O)N(Cc1cccc(C(F)(F)F)c1)C2C(=O)Nc1ccccc1. The number of rotatable bonds is 8. The van der Waals surface area contributed by atoms with E-state index in [1.165, 1.54) is 17.0 Å². The second-order valence-corrected chi connectivity index (χ2v) is 10.1. The molecular weight excluding hydrogens is 519 g/mol. The maximum atomic E-state index is 14.0. The molecule has 1 aliphatic heterocycles. The van der Waals surface area contributed by atoms with Gasteiger partial charge in [0.25, 0.3) is 11.8 Å². The fourth-order valence-corrected chi connectivity index (χ4v) is 4.93. The number of amides is 2. The van der Waals surface area contributed by atoms with E-state index in [4.69, 9.17) is 4.74 Å². The molecule has 9 heteroatoms. The Balaban J connectivity index is 1.85. The maximum Gasteiger partial charge on any atom is 0.416 e. The molecule has 2 unspecified atom stereocenters. The summed E-state index contributed by atoms with van der Waals surface area (Å²) in [5.41, 5.74) is 1.32. The zero-order chi connectivity index (χ0) is 29.0. The average molecular weight is 554 g/mol. The van der Waals surface area contributed by atoms with Crippen LogP contribution in [0.5, 0.6) is 5.75 Å². The minimum atomic E-state index is -4.54. The number of benzene rings is 3. The summed E-state index contributed by atoms with van der Waals surface area (Å²) in [7, 11) is 0. The van der Waals surface area contributed by atoms with Gasteiger partial charge in [-0.15, -0.1) is 0 Å². The van der Waals surface area contributed by atoms with Gasteiger partial charge >= 0.3 is 6.18 Å². The van der Waals surface area contributed by atoms with Crippen LogP contribution in [0.1, 0.15) is 50.4 Å². The zero-order valence-corrected chi connectivity index (χ0v) is 23.0. The Morgan fingerprint density at radius 1 is 1.00 bits per heavy atom. The number of nitrogens with one attached hydrogen (secondary N) is 1. The molecule has 4 rings (SSSR count). The number of carbonyl (C=O) groups is 2. The van der Waals surface area contributed by atoms with Crippen LogP contribution in [0, 0.1) is 5.92 Å². The molecule has 0 spiro atoms. The zero-order valence-electron chi connectivity index (χ0n) is 23.0. The van der Waals surface area contributed by atoms with E-state index in [-0.39, 0.29) is 18.0 Å². The lowest BCUT2D eigenvalue weighted by Crippen LogP contribution is -2.46. The van der Waals surface area contributed by atoms with Crippen LogP contribution in [-0.4, -0.2) is 35.9 Å². The van der Waals surface area contributed by atoms with E-state index in [1.807, 2.05) is 45.9 Å². The number of anilines is 2. The summed E-state index contributed by atoms with van der Waals surface area (Å²) in [6, 6.07) is 18.0. The van der Waals surface area contributed by atoms with Gasteiger partial charge in [-0.3, -0.25) is 9.59 Å². The molecule has 1 aliphatic rings. The molecule has 0 saturated heterocycles. The molecule has 0 aromatic heterocycles. The Labute approximate surface area is 232 Å². The van der Waals surface area contributed by atoms with Gasteiger partial charge in [0.15, 0.2) is 6.10 Å². The van der Waals surface area contributed by atoms with Crippen LogP contribution in [-0.2, 0) is 22.3 Å². The van der Waals surface area contributed by atoms with Crippen molar-refractivity contribution in [1.29, 1.82) is 0 Å². The van der Waals surface area contributed by atoms with Crippen LogP contribution in [0.25, 0.3) is 0 Å². The van der Waals surface area contributed by atoms with Crippen LogP contribution in [0.15, 0.2) is 72.8 Å². The molecule has 2 amide bonds. The summed E-state index contributed by atoms with van der Waals surface area (Å²) in [5.74, 6) is -0.828. The molecule has 1 heterocycles. The lowest BCUT2D eigenvalue weighted by molar-refractivity contribution is -0.146. The standard InChI is InChI=1S/C31H34F3N3O3/c1-5-36(6-2)24-15-16-25-26(18-24)40-28(20(3)4)30(39)37(19-21-11-10-12-22(17-21)31(32,33)34)27(25)29(38)35-23-13-8-7-9-14-23/h7-18,20,27-28H,5-6,19H2,1-4H3,(H,35,38). The third-order valence-corrected chi connectivity index (χ3v) is 7.01. The number of alkyl halides is 3. The first kappa shape index (κ1) is 29.0. The van der Waals surface area contributed by atoms with Gasteiger partial charge in [0.1, 0.15) is 11.8 Å². The summed E-state index contributed by atoms with van der Waals surface area (Å²) in [6.07, 6.45) is -5.48. The highest BCUT2D eigenvalue weighted by molar-refractivity contribution is 5.99. The van der Waals surface area contributed by atoms with E-state index in [2.05, 4.69) is 10.2 Å². The van der Waals surface area contributed by atoms with Crippen molar-refractivity contribution in [1.82, 2.24) is 4.90 Å². The van der Waals surface area contributed by atoms with Crippen molar-refractivity contribution >= 4 is 23.2 Å². The molecule has 0 aliphatic carbocycles. The minimum absolute atomic E-state index is 0.209. The molecule has 0 radical (unpaired) electrons. The van der Waals surface area contributed by atoms with Gasteiger partial charge < -0.3 is 19.9 Å². The van der Waals surface area contributed by atoms with Crippen molar-refractivity contribution < 1.29 is 27.5 Å². The molecule has 0 fully saturated rings. The third kappa shape index (κ3) is 6.24. The topological polar surface area (TPSA) is 61.9 Å². The fraction of sp³-hybridized carbons (Fsp3) is 0.355. The third-order valence-electron chi connectivity index (χ3n) is 7.01. The van der Waals surface area contributed by atoms with E-state index in [0.717, 1.165) is 30.9 Å². The largest absolute Gasteiger partial charge is 0.480 e. The van der Waals surface area contributed by atoms with Crippen LogP contribution in [0.4, 0.5) is 24.5 Å². The van der Waals surface area contributed by atoms with Crippen LogP contribution in [0.2, 0.25) is 0 Å². The highest BCUT2D eigenvalue weighted by Crippen LogP contribution is 2.40. The first-order valence-corrected chi connectivity index (χ1v) is 13.4. The van der Waals surface area contributed by atoms with Crippen molar-refractivity contribution in [2.75, 3.05) is 23.3 Å². The molecule has 212 valence electrons. The van der Waals surface area contributed by atoms with Crippen LogP contribution >= 0.6 is 0 Å². The smallest absolute Gasteiger partial charge is 0.416 e. The summed E-state index contributed by atoms with van der Waals surface area (Å²) >= 11 is 0. The van der Waals surface area contributed by atoms with E-state index in [1.54, 1.807) is 30.3 Å². The van der Waals surface area contributed by atoms with Crippen molar-refractivity contribution in [3.63, 3.8) is 0 Å². The molecule has 3 aromatic rings. The Morgan fingerprint density at radius 2 is 1.70 bits per heavy atom. The summed E-state index contributed by atoms with van der Waals surface area (Å²) in [6.45, 7) is 9.03. The number of nitrogens with zero attached hydrogens (tertiary/aromatic N) is 2. The first-order valence-electron chi connectivity index (χ1n) is 13.4. The number of carbonyl (C=O) groups excluding carboxylic acids is 2. The molecule has 0 saturated carbocycles. The number of halogens is 3. The van der Waals surface area contributed by atoms with Gasteiger partial charge in [-0.25, -0.2) is 0 Å². The van der Waals surface area contributed by atoms with Gasteiger partial charge in [-0.1, -0.05) is 50.2 Å². The maximum absolute atomic E-state index is 14.0. The Kier molecular flexibility index (Phi) is 8.71. The van der Waals surface area contributed by atoms with Gasteiger partial charge in [0.05, 0.1) is 5.56 Å². The molecule has 2 atom stereocenters. The predicted octanol–water partition coefficient (Wildman–Crippen LogP) is 6.68. The molecule has 3 aromatic carbocycles. The lowest BCUT2D eigenvalue weighted by Gasteiger charge is -2.31. The number of para-hydroxylation sites is 1.